The second-order valence-corrected chi connectivity index (χ2v) is 5.15. The molecule has 1 heterocycles. The molecule has 0 spiro atoms. The topological polar surface area (TPSA) is 47.3 Å². The van der Waals surface area contributed by atoms with E-state index in [-0.39, 0.29) is 11.9 Å². The molecule has 2 rings (SSSR count). The fourth-order valence-electron chi connectivity index (χ4n) is 2.24. The van der Waals surface area contributed by atoms with E-state index < -0.39 is 0 Å². The van der Waals surface area contributed by atoms with Gasteiger partial charge in [-0.25, -0.2) is 4.39 Å². The van der Waals surface area contributed by atoms with Gasteiger partial charge in [0, 0.05) is 12.5 Å². The van der Waals surface area contributed by atoms with Gasteiger partial charge in [0.25, 0.3) is 0 Å². The molecule has 94 valence electrons. The Morgan fingerprint density at radius 3 is 2.94 bits per heavy atom. The quantitative estimate of drug-likeness (QED) is 0.666. The molecule has 1 saturated heterocycles. The van der Waals surface area contributed by atoms with Gasteiger partial charge >= 0.3 is 0 Å². The third kappa shape index (κ3) is 3.04. The lowest BCUT2D eigenvalue weighted by atomic mass is 9.89. The third-order valence-corrected chi connectivity index (χ3v) is 3.79. The van der Waals surface area contributed by atoms with Gasteiger partial charge in [0.1, 0.15) is 5.82 Å². The molecule has 0 radical (unpaired) electrons. The van der Waals surface area contributed by atoms with Crippen LogP contribution in [-0.2, 0) is 4.74 Å². The van der Waals surface area contributed by atoms with Crippen LogP contribution in [0.5, 0.6) is 0 Å². The average molecular weight is 303 g/mol. The summed E-state index contributed by atoms with van der Waals surface area (Å²) in [6.45, 7) is 1.48. The maximum Gasteiger partial charge on any atom is 0.137 e. The number of rotatable bonds is 3. The summed E-state index contributed by atoms with van der Waals surface area (Å²) in [5.74, 6) is 5.62. The van der Waals surface area contributed by atoms with Crippen LogP contribution in [0.15, 0.2) is 22.7 Å². The first kappa shape index (κ1) is 13.0. The number of nitrogens with two attached hydrogens (primary N) is 1. The molecule has 1 aromatic rings. The zero-order valence-corrected chi connectivity index (χ0v) is 11.0. The van der Waals surface area contributed by atoms with Crippen molar-refractivity contribution in [3.05, 3.63) is 34.1 Å². The van der Waals surface area contributed by atoms with Crippen molar-refractivity contribution in [2.45, 2.75) is 18.9 Å². The van der Waals surface area contributed by atoms with Gasteiger partial charge < -0.3 is 4.74 Å². The maximum atomic E-state index is 13.5. The molecule has 3 nitrogen and oxygen atoms in total. The molecular formula is C12H16BrFN2O. The molecule has 5 heteroatoms. The van der Waals surface area contributed by atoms with Crippen molar-refractivity contribution >= 4 is 15.9 Å². The summed E-state index contributed by atoms with van der Waals surface area (Å²) < 4.78 is 19.4. The SMILES string of the molecule is NNC(c1ccc(Br)c(F)c1)C1CCCOC1. The first-order valence-corrected chi connectivity index (χ1v) is 6.50. The maximum absolute atomic E-state index is 13.5. The van der Waals surface area contributed by atoms with Crippen LogP contribution >= 0.6 is 15.9 Å². The van der Waals surface area contributed by atoms with Crippen molar-refractivity contribution in [2.75, 3.05) is 13.2 Å². The first-order valence-electron chi connectivity index (χ1n) is 5.71. The molecule has 0 saturated carbocycles. The summed E-state index contributed by atoms with van der Waals surface area (Å²) in [5.41, 5.74) is 3.64. The number of hydrazine groups is 1. The Balaban J connectivity index is 2.18. The van der Waals surface area contributed by atoms with Crippen LogP contribution in [0, 0.1) is 11.7 Å². The van der Waals surface area contributed by atoms with E-state index >= 15 is 0 Å². The molecule has 1 aliphatic heterocycles. The fraction of sp³-hybridized carbons (Fsp3) is 0.500. The number of nitrogens with one attached hydrogen (secondary N) is 1. The van der Waals surface area contributed by atoms with Gasteiger partial charge in [0.05, 0.1) is 17.1 Å². The highest BCUT2D eigenvalue weighted by Crippen LogP contribution is 2.29. The number of hydrogen-bond acceptors (Lipinski definition) is 3. The molecule has 1 fully saturated rings. The molecule has 1 aromatic carbocycles. The summed E-state index contributed by atoms with van der Waals surface area (Å²) in [5, 5.41) is 0. The van der Waals surface area contributed by atoms with Gasteiger partial charge in [-0.2, -0.15) is 0 Å². The molecule has 1 aliphatic rings. The van der Waals surface area contributed by atoms with E-state index in [0.29, 0.717) is 17.0 Å². The van der Waals surface area contributed by atoms with E-state index in [1.807, 2.05) is 6.07 Å². The Bertz CT molecular complexity index is 383. The lowest BCUT2D eigenvalue weighted by molar-refractivity contribution is 0.0389. The van der Waals surface area contributed by atoms with Crippen LogP contribution < -0.4 is 11.3 Å². The molecule has 0 bridgehead atoms. The second kappa shape index (κ2) is 5.91. The summed E-state index contributed by atoms with van der Waals surface area (Å²) in [4.78, 5) is 0. The molecule has 0 amide bonds. The average Bonchev–Trinajstić information content (AvgIpc) is 2.36. The number of hydrogen-bond donors (Lipinski definition) is 2. The van der Waals surface area contributed by atoms with Crippen LogP contribution in [0.4, 0.5) is 4.39 Å². The largest absolute Gasteiger partial charge is 0.381 e. The van der Waals surface area contributed by atoms with Gasteiger partial charge in [0.2, 0.25) is 0 Å². The van der Waals surface area contributed by atoms with E-state index in [1.54, 1.807) is 6.07 Å². The minimum absolute atomic E-state index is 0.0575. The Morgan fingerprint density at radius 1 is 1.53 bits per heavy atom. The van der Waals surface area contributed by atoms with Crippen molar-refractivity contribution < 1.29 is 9.13 Å². The number of halogens is 2. The Morgan fingerprint density at radius 2 is 2.35 bits per heavy atom. The minimum atomic E-state index is -0.264. The number of benzene rings is 1. The Hall–Kier alpha value is -0.490. The van der Waals surface area contributed by atoms with Gasteiger partial charge in [0.15, 0.2) is 0 Å². The van der Waals surface area contributed by atoms with Crippen LogP contribution in [0.1, 0.15) is 24.4 Å². The standard InChI is InChI=1S/C12H16BrFN2O/c13-10-4-3-8(6-11(10)14)12(16-15)9-2-1-5-17-7-9/h3-4,6,9,12,16H,1-2,5,7,15H2. The van der Waals surface area contributed by atoms with Crippen LogP contribution in [0.3, 0.4) is 0 Å². The monoisotopic (exact) mass is 302 g/mol. The predicted molar refractivity (Wildman–Crippen MR) is 67.7 cm³/mol. The van der Waals surface area contributed by atoms with Crippen molar-refractivity contribution in [2.24, 2.45) is 11.8 Å². The van der Waals surface area contributed by atoms with Crippen molar-refractivity contribution in [3.8, 4) is 0 Å². The predicted octanol–water partition coefficient (Wildman–Crippen LogP) is 2.52. The summed E-state index contributed by atoms with van der Waals surface area (Å²) in [6, 6.07) is 5.05. The molecule has 0 aliphatic carbocycles. The highest BCUT2D eigenvalue weighted by molar-refractivity contribution is 9.10. The summed E-state index contributed by atoms with van der Waals surface area (Å²) in [7, 11) is 0. The highest BCUT2D eigenvalue weighted by atomic mass is 79.9. The molecule has 17 heavy (non-hydrogen) atoms. The van der Waals surface area contributed by atoms with Crippen LogP contribution in [0.25, 0.3) is 0 Å². The van der Waals surface area contributed by atoms with Crippen LogP contribution in [0.2, 0.25) is 0 Å². The minimum Gasteiger partial charge on any atom is -0.381 e. The van der Waals surface area contributed by atoms with Crippen LogP contribution in [-0.4, -0.2) is 13.2 Å². The van der Waals surface area contributed by atoms with E-state index in [9.17, 15) is 4.39 Å². The second-order valence-electron chi connectivity index (χ2n) is 4.30. The molecule has 2 atom stereocenters. The normalized spacial score (nSPS) is 22.4. The van der Waals surface area contributed by atoms with Crippen molar-refractivity contribution in [3.63, 3.8) is 0 Å². The van der Waals surface area contributed by atoms with Crippen molar-refractivity contribution in [1.82, 2.24) is 5.43 Å². The third-order valence-electron chi connectivity index (χ3n) is 3.15. The zero-order valence-electron chi connectivity index (χ0n) is 9.46. The lowest BCUT2D eigenvalue weighted by Crippen LogP contribution is -2.37. The number of ether oxygens (including phenoxy) is 1. The van der Waals surface area contributed by atoms with E-state index in [1.165, 1.54) is 6.07 Å². The molecule has 0 aromatic heterocycles. The van der Waals surface area contributed by atoms with Gasteiger partial charge in [-0.15, -0.1) is 0 Å². The Kier molecular flexibility index (Phi) is 4.50. The smallest absolute Gasteiger partial charge is 0.137 e. The first-order chi connectivity index (χ1) is 8.22. The lowest BCUT2D eigenvalue weighted by Gasteiger charge is -2.30. The van der Waals surface area contributed by atoms with Gasteiger partial charge in [-0.05, 0) is 46.5 Å². The van der Waals surface area contributed by atoms with Gasteiger partial charge in [-0.3, -0.25) is 11.3 Å². The summed E-state index contributed by atoms with van der Waals surface area (Å²) in [6.07, 6.45) is 2.08. The van der Waals surface area contributed by atoms with E-state index in [4.69, 9.17) is 10.6 Å². The summed E-state index contributed by atoms with van der Waals surface area (Å²) >= 11 is 3.15. The van der Waals surface area contributed by atoms with Gasteiger partial charge in [-0.1, -0.05) is 6.07 Å². The highest BCUT2D eigenvalue weighted by Gasteiger charge is 2.25. The van der Waals surface area contributed by atoms with E-state index in [2.05, 4.69) is 21.4 Å². The molecular weight excluding hydrogens is 287 g/mol. The Labute approximate surface area is 109 Å². The molecule has 3 N–H and O–H groups in total. The zero-order chi connectivity index (χ0) is 12.3. The van der Waals surface area contributed by atoms with Crippen molar-refractivity contribution in [1.29, 1.82) is 0 Å². The molecule has 2 unspecified atom stereocenters. The van der Waals surface area contributed by atoms with E-state index in [0.717, 1.165) is 25.0 Å². The fourth-order valence-corrected chi connectivity index (χ4v) is 2.49.